The third-order valence-corrected chi connectivity index (χ3v) is 5.51. The maximum absolute atomic E-state index is 12.5. The molecule has 0 radical (unpaired) electrons. The van der Waals surface area contributed by atoms with Gasteiger partial charge in [-0.15, -0.1) is 0 Å². The quantitative estimate of drug-likeness (QED) is 0.800. The highest BCUT2D eigenvalue weighted by molar-refractivity contribution is 5.89. The van der Waals surface area contributed by atoms with Crippen molar-refractivity contribution in [3.63, 3.8) is 0 Å². The molecule has 1 amide bonds. The Morgan fingerprint density at radius 1 is 0.926 bits per heavy atom. The Morgan fingerprint density at radius 3 is 2.30 bits per heavy atom. The number of amides is 1. The molecule has 0 aromatic heterocycles. The zero-order valence-corrected chi connectivity index (χ0v) is 15.6. The van der Waals surface area contributed by atoms with Gasteiger partial charge < -0.3 is 10.0 Å². The summed E-state index contributed by atoms with van der Waals surface area (Å²) < 4.78 is 0. The van der Waals surface area contributed by atoms with Gasteiger partial charge in [-0.25, -0.2) is 4.79 Å². The summed E-state index contributed by atoms with van der Waals surface area (Å²) >= 11 is 0. The lowest BCUT2D eigenvalue weighted by atomic mass is 9.90. The molecule has 1 saturated heterocycles. The average molecular weight is 365 g/mol. The molecule has 0 bridgehead atoms. The van der Waals surface area contributed by atoms with Crippen molar-refractivity contribution in [2.45, 2.75) is 38.5 Å². The normalized spacial score (nSPS) is 14.9. The van der Waals surface area contributed by atoms with Gasteiger partial charge in [0.05, 0.1) is 5.56 Å². The van der Waals surface area contributed by atoms with Crippen LogP contribution in [0, 0.1) is 5.92 Å². The topological polar surface area (TPSA) is 57.6 Å². The zero-order valence-electron chi connectivity index (χ0n) is 15.6. The van der Waals surface area contributed by atoms with Gasteiger partial charge >= 0.3 is 5.97 Å². The van der Waals surface area contributed by atoms with Crippen LogP contribution in [0.5, 0.6) is 0 Å². The van der Waals surface area contributed by atoms with Gasteiger partial charge in [-0.1, -0.05) is 48.5 Å². The number of likely N-dealkylation sites (tertiary alicyclic amines) is 1. The van der Waals surface area contributed by atoms with Gasteiger partial charge in [-0.2, -0.15) is 0 Å². The highest BCUT2D eigenvalue weighted by atomic mass is 16.4. The molecule has 2 aromatic carbocycles. The largest absolute Gasteiger partial charge is 0.478 e. The van der Waals surface area contributed by atoms with E-state index in [1.54, 1.807) is 18.2 Å². The SMILES string of the molecule is O=C(O)c1ccccc1CCC(=O)N1CCC(CCc2ccccc2)CC1. The molecule has 1 heterocycles. The zero-order chi connectivity index (χ0) is 19.1. The second-order valence-corrected chi connectivity index (χ2v) is 7.31. The number of hydrogen-bond donors (Lipinski definition) is 1. The molecule has 0 spiro atoms. The van der Waals surface area contributed by atoms with Crippen LogP contribution in [-0.2, 0) is 17.6 Å². The first-order valence-corrected chi connectivity index (χ1v) is 9.76. The van der Waals surface area contributed by atoms with Gasteiger partial charge in [0.2, 0.25) is 5.91 Å². The minimum absolute atomic E-state index is 0.136. The number of carboxylic acid groups (broad SMARTS) is 1. The van der Waals surface area contributed by atoms with Gasteiger partial charge in [0, 0.05) is 19.5 Å². The van der Waals surface area contributed by atoms with Crippen LogP contribution in [0.15, 0.2) is 54.6 Å². The first kappa shape index (κ1) is 19.2. The van der Waals surface area contributed by atoms with Crippen LogP contribution in [-0.4, -0.2) is 35.0 Å². The van der Waals surface area contributed by atoms with E-state index in [1.807, 2.05) is 17.0 Å². The number of rotatable bonds is 7. The van der Waals surface area contributed by atoms with Crippen molar-refractivity contribution in [2.24, 2.45) is 5.92 Å². The van der Waals surface area contributed by atoms with Crippen molar-refractivity contribution in [1.82, 2.24) is 4.90 Å². The number of nitrogens with zero attached hydrogens (tertiary/aromatic N) is 1. The standard InChI is InChI=1S/C23H27NO3/c25-22(13-12-20-8-4-5-9-21(20)23(26)27)24-16-14-19(15-17-24)11-10-18-6-2-1-3-7-18/h1-9,19H,10-17H2,(H,26,27). The summed E-state index contributed by atoms with van der Waals surface area (Å²) in [5.74, 6) is -0.115. The Morgan fingerprint density at radius 2 is 1.59 bits per heavy atom. The molecule has 0 saturated carbocycles. The molecule has 1 fully saturated rings. The van der Waals surface area contributed by atoms with Crippen LogP contribution < -0.4 is 0 Å². The Hall–Kier alpha value is -2.62. The van der Waals surface area contributed by atoms with Crippen molar-refractivity contribution in [3.05, 3.63) is 71.3 Å². The molecule has 0 atom stereocenters. The maximum atomic E-state index is 12.5. The van der Waals surface area contributed by atoms with Gasteiger partial charge in [-0.05, 0) is 55.2 Å². The molecule has 1 N–H and O–H groups in total. The maximum Gasteiger partial charge on any atom is 0.335 e. The highest BCUT2D eigenvalue weighted by Crippen LogP contribution is 2.23. The third-order valence-electron chi connectivity index (χ3n) is 5.51. The minimum Gasteiger partial charge on any atom is -0.478 e. The van der Waals surface area contributed by atoms with Crippen LogP contribution in [0.25, 0.3) is 0 Å². The van der Waals surface area contributed by atoms with E-state index < -0.39 is 5.97 Å². The van der Waals surface area contributed by atoms with Gasteiger partial charge in [0.1, 0.15) is 0 Å². The number of benzene rings is 2. The minimum atomic E-state index is -0.933. The predicted octanol–water partition coefficient (Wildman–Crippen LogP) is 4.19. The van der Waals surface area contributed by atoms with Crippen molar-refractivity contribution < 1.29 is 14.7 Å². The van der Waals surface area contributed by atoms with E-state index in [0.29, 0.717) is 24.3 Å². The summed E-state index contributed by atoms with van der Waals surface area (Å²) in [6.07, 6.45) is 5.26. The van der Waals surface area contributed by atoms with Crippen LogP contribution in [0.4, 0.5) is 0 Å². The fraction of sp³-hybridized carbons (Fsp3) is 0.391. The molecular weight excluding hydrogens is 338 g/mol. The summed E-state index contributed by atoms with van der Waals surface area (Å²) in [6.45, 7) is 1.64. The predicted molar refractivity (Wildman–Crippen MR) is 106 cm³/mol. The average Bonchev–Trinajstić information content (AvgIpc) is 2.71. The van der Waals surface area contributed by atoms with Gasteiger partial charge in [-0.3, -0.25) is 4.79 Å². The monoisotopic (exact) mass is 365 g/mol. The van der Waals surface area contributed by atoms with Crippen LogP contribution >= 0.6 is 0 Å². The smallest absolute Gasteiger partial charge is 0.335 e. The lowest BCUT2D eigenvalue weighted by molar-refractivity contribution is -0.132. The lowest BCUT2D eigenvalue weighted by Crippen LogP contribution is -2.38. The second-order valence-electron chi connectivity index (χ2n) is 7.31. The summed E-state index contributed by atoms with van der Waals surface area (Å²) in [4.78, 5) is 25.7. The molecule has 2 aromatic rings. The van der Waals surface area contributed by atoms with E-state index in [0.717, 1.165) is 37.9 Å². The van der Waals surface area contributed by atoms with Gasteiger partial charge in [0.15, 0.2) is 0 Å². The molecule has 0 aliphatic carbocycles. The Labute approximate surface area is 160 Å². The molecule has 4 heteroatoms. The summed E-state index contributed by atoms with van der Waals surface area (Å²) in [7, 11) is 0. The number of piperidine rings is 1. The van der Waals surface area contributed by atoms with Crippen molar-refractivity contribution in [2.75, 3.05) is 13.1 Å². The number of hydrogen-bond acceptors (Lipinski definition) is 2. The molecular formula is C23H27NO3. The molecule has 3 rings (SSSR count). The summed E-state index contributed by atoms with van der Waals surface area (Å²) in [5.41, 5.74) is 2.41. The molecule has 142 valence electrons. The second kappa shape index (κ2) is 9.36. The Kier molecular flexibility index (Phi) is 6.64. The molecule has 1 aliphatic heterocycles. The number of aromatic carboxylic acids is 1. The summed E-state index contributed by atoms with van der Waals surface area (Å²) in [5, 5.41) is 9.25. The fourth-order valence-electron chi connectivity index (χ4n) is 3.83. The Bertz CT molecular complexity index is 764. The molecule has 4 nitrogen and oxygen atoms in total. The van der Waals surface area contributed by atoms with Crippen molar-refractivity contribution >= 4 is 11.9 Å². The molecule has 0 unspecified atom stereocenters. The Balaban J connectivity index is 1.43. The van der Waals surface area contributed by atoms with Crippen molar-refractivity contribution in [1.29, 1.82) is 0 Å². The molecule has 27 heavy (non-hydrogen) atoms. The number of carbonyl (C=O) groups is 2. The van der Waals surface area contributed by atoms with E-state index in [9.17, 15) is 14.7 Å². The molecule has 1 aliphatic rings. The lowest BCUT2D eigenvalue weighted by Gasteiger charge is -2.32. The van der Waals surface area contributed by atoms with E-state index >= 15 is 0 Å². The first-order chi connectivity index (χ1) is 13.1. The van der Waals surface area contributed by atoms with E-state index in [2.05, 4.69) is 24.3 Å². The first-order valence-electron chi connectivity index (χ1n) is 9.76. The van der Waals surface area contributed by atoms with Gasteiger partial charge in [0.25, 0.3) is 0 Å². The summed E-state index contributed by atoms with van der Waals surface area (Å²) in [6, 6.07) is 17.5. The van der Waals surface area contributed by atoms with E-state index in [-0.39, 0.29) is 5.91 Å². The van der Waals surface area contributed by atoms with Crippen LogP contribution in [0.1, 0.15) is 47.2 Å². The van der Waals surface area contributed by atoms with Crippen LogP contribution in [0.3, 0.4) is 0 Å². The number of carboxylic acids is 1. The number of aryl methyl sites for hydroxylation is 2. The van der Waals surface area contributed by atoms with E-state index in [4.69, 9.17) is 0 Å². The van der Waals surface area contributed by atoms with Crippen molar-refractivity contribution in [3.8, 4) is 0 Å². The van der Waals surface area contributed by atoms with E-state index in [1.165, 1.54) is 12.0 Å². The fourth-order valence-corrected chi connectivity index (χ4v) is 3.83. The third kappa shape index (κ3) is 5.43. The highest BCUT2D eigenvalue weighted by Gasteiger charge is 2.22. The number of carbonyl (C=O) groups excluding carboxylic acids is 1. The van der Waals surface area contributed by atoms with Crippen LogP contribution in [0.2, 0.25) is 0 Å².